The Labute approximate surface area is 208 Å². The van der Waals surface area contributed by atoms with Gasteiger partial charge in [-0.3, -0.25) is 9.69 Å². The van der Waals surface area contributed by atoms with Gasteiger partial charge in [-0.2, -0.15) is 0 Å². The van der Waals surface area contributed by atoms with Gasteiger partial charge >= 0.3 is 6.36 Å². The number of alkyl halides is 3. The monoisotopic (exact) mass is 504 g/mol. The van der Waals surface area contributed by atoms with Crippen LogP contribution in [-0.4, -0.2) is 77.6 Å². The molecule has 1 aliphatic rings. The second kappa shape index (κ2) is 11.3. The summed E-state index contributed by atoms with van der Waals surface area (Å²) in [5.41, 5.74) is 3.05. The maximum Gasteiger partial charge on any atom is 0.573 e. The van der Waals surface area contributed by atoms with Crippen molar-refractivity contribution in [3.8, 4) is 5.75 Å². The number of morpholine rings is 1. The van der Waals surface area contributed by atoms with Crippen LogP contribution in [0.2, 0.25) is 0 Å². The van der Waals surface area contributed by atoms with Gasteiger partial charge in [0, 0.05) is 51.3 Å². The van der Waals surface area contributed by atoms with E-state index in [9.17, 15) is 18.0 Å². The van der Waals surface area contributed by atoms with Crippen LogP contribution < -0.4 is 4.74 Å². The summed E-state index contributed by atoms with van der Waals surface area (Å²) in [6.45, 7) is 9.82. The highest BCUT2D eigenvalue weighted by molar-refractivity contribution is 5.97. The number of fused-ring (bicyclic) bond motifs is 1. The van der Waals surface area contributed by atoms with Crippen LogP contribution in [0.4, 0.5) is 13.2 Å². The average Bonchev–Trinajstić information content (AvgIpc) is 3.20. The first-order valence-electron chi connectivity index (χ1n) is 12.2. The third kappa shape index (κ3) is 6.36. The molecule has 10 heteroatoms. The zero-order valence-corrected chi connectivity index (χ0v) is 20.6. The fraction of sp³-hybridized carbons (Fsp3) is 0.462. The van der Waals surface area contributed by atoms with Crippen molar-refractivity contribution in [1.29, 1.82) is 0 Å². The van der Waals surface area contributed by atoms with E-state index in [1.807, 2.05) is 32.0 Å². The van der Waals surface area contributed by atoms with Crippen LogP contribution in [0.3, 0.4) is 0 Å². The van der Waals surface area contributed by atoms with E-state index < -0.39 is 6.36 Å². The third-order valence-electron chi connectivity index (χ3n) is 6.39. The molecule has 0 aliphatic carbocycles. The minimum absolute atomic E-state index is 0.0356. The molecule has 194 valence electrons. The molecule has 7 nitrogen and oxygen atoms in total. The predicted molar refractivity (Wildman–Crippen MR) is 130 cm³/mol. The number of hydrogen-bond donors (Lipinski definition) is 0. The number of imidazole rings is 1. The summed E-state index contributed by atoms with van der Waals surface area (Å²) in [4.78, 5) is 21.8. The molecule has 0 atom stereocenters. The minimum Gasteiger partial charge on any atom is -0.406 e. The Morgan fingerprint density at radius 2 is 1.75 bits per heavy atom. The molecule has 1 amide bonds. The van der Waals surface area contributed by atoms with Crippen LogP contribution in [0.25, 0.3) is 11.0 Å². The van der Waals surface area contributed by atoms with Crippen molar-refractivity contribution in [2.75, 3.05) is 45.9 Å². The molecule has 1 saturated heterocycles. The highest BCUT2D eigenvalue weighted by Gasteiger charge is 2.31. The summed E-state index contributed by atoms with van der Waals surface area (Å²) >= 11 is 0. The second-order valence-electron chi connectivity index (χ2n) is 8.68. The lowest BCUT2D eigenvalue weighted by Crippen LogP contribution is -2.38. The number of hydrogen-bond acceptors (Lipinski definition) is 5. The van der Waals surface area contributed by atoms with Crippen molar-refractivity contribution in [3.63, 3.8) is 0 Å². The first-order chi connectivity index (χ1) is 17.3. The molecule has 1 fully saturated rings. The lowest BCUT2D eigenvalue weighted by atomic mass is 10.1. The fourth-order valence-corrected chi connectivity index (χ4v) is 4.45. The zero-order valence-electron chi connectivity index (χ0n) is 20.6. The van der Waals surface area contributed by atoms with Gasteiger partial charge in [-0.15, -0.1) is 13.2 Å². The standard InChI is InChI=1S/C26H31F3N4O3/c1-3-32(4-2)25(34)20-7-10-23-22(18-20)30-24(33(23)12-11-31-13-15-35-16-14-31)17-19-5-8-21(9-6-19)36-26(27,28)29/h5-10,18H,3-4,11-17H2,1-2H3. The summed E-state index contributed by atoms with van der Waals surface area (Å²) < 4.78 is 49.1. The van der Waals surface area contributed by atoms with Gasteiger partial charge in [0.2, 0.25) is 0 Å². The highest BCUT2D eigenvalue weighted by Crippen LogP contribution is 2.25. The SMILES string of the molecule is CCN(CC)C(=O)c1ccc2c(c1)nc(Cc1ccc(OC(F)(F)F)cc1)n2CCN1CCOCC1. The highest BCUT2D eigenvalue weighted by atomic mass is 19.4. The molecule has 0 saturated carbocycles. The summed E-state index contributed by atoms with van der Waals surface area (Å²) in [5.74, 6) is 0.494. The van der Waals surface area contributed by atoms with Crippen molar-refractivity contribution in [1.82, 2.24) is 19.4 Å². The Kier molecular flexibility index (Phi) is 8.15. The smallest absolute Gasteiger partial charge is 0.406 e. The fourth-order valence-electron chi connectivity index (χ4n) is 4.45. The van der Waals surface area contributed by atoms with Crippen LogP contribution in [-0.2, 0) is 17.7 Å². The molecule has 4 rings (SSSR count). The van der Waals surface area contributed by atoms with Gasteiger partial charge in [-0.05, 0) is 49.7 Å². The van der Waals surface area contributed by atoms with Gasteiger partial charge in [0.15, 0.2) is 0 Å². The van der Waals surface area contributed by atoms with Gasteiger partial charge in [0.25, 0.3) is 5.91 Å². The summed E-state index contributed by atoms with van der Waals surface area (Å²) in [7, 11) is 0. The first kappa shape index (κ1) is 26.0. The number of amides is 1. The number of benzene rings is 2. The summed E-state index contributed by atoms with van der Waals surface area (Å²) in [6, 6.07) is 11.4. The van der Waals surface area contributed by atoms with E-state index in [4.69, 9.17) is 9.72 Å². The van der Waals surface area contributed by atoms with Crippen molar-refractivity contribution in [3.05, 3.63) is 59.4 Å². The van der Waals surface area contributed by atoms with Crippen LogP contribution in [0.5, 0.6) is 5.75 Å². The Balaban J connectivity index is 1.62. The quantitative estimate of drug-likeness (QED) is 0.434. The zero-order chi connectivity index (χ0) is 25.7. The molecule has 1 aliphatic heterocycles. The number of halogens is 3. The van der Waals surface area contributed by atoms with Gasteiger partial charge in [-0.25, -0.2) is 4.98 Å². The van der Waals surface area contributed by atoms with Crippen LogP contribution >= 0.6 is 0 Å². The van der Waals surface area contributed by atoms with Gasteiger partial charge in [0.1, 0.15) is 11.6 Å². The molecule has 1 aromatic heterocycles. The lowest BCUT2D eigenvalue weighted by molar-refractivity contribution is -0.274. The molecular weight excluding hydrogens is 473 g/mol. The largest absolute Gasteiger partial charge is 0.573 e. The molecule has 0 N–H and O–H groups in total. The van der Waals surface area contributed by atoms with Gasteiger partial charge < -0.3 is 18.9 Å². The van der Waals surface area contributed by atoms with E-state index >= 15 is 0 Å². The van der Waals surface area contributed by atoms with E-state index in [1.54, 1.807) is 17.0 Å². The van der Waals surface area contributed by atoms with Crippen LogP contribution in [0.15, 0.2) is 42.5 Å². The lowest BCUT2D eigenvalue weighted by Gasteiger charge is -2.27. The van der Waals surface area contributed by atoms with Crippen molar-refractivity contribution >= 4 is 16.9 Å². The van der Waals surface area contributed by atoms with E-state index in [1.165, 1.54) is 12.1 Å². The molecule has 0 bridgehead atoms. The Morgan fingerprint density at radius 1 is 1.06 bits per heavy atom. The predicted octanol–water partition coefficient (Wildman–Crippen LogP) is 4.34. The second-order valence-corrected chi connectivity index (χ2v) is 8.68. The minimum atomic E-state index is -4.73. The van der Waals surface area contributed by atoms with E-state index in [-0.39, 0.29) is 11.7 Å². The third-order valence-corrected chi connectivity index (χ3v) is 6.39. The Bertz CT molecular complexity index is 1170. The number of carbonyl (C=O) groups is 1. The van der Waals surface area contributed by atoms with Crippen molar-refractivity contribution < 1.29 is 27.4 Å². The number of rotatable bonds is 9. The Morgan fingerprint density at radius 3 is 2.39 bits per heavy atom. The van der Waals surface area contributed by atoms with Gasteiger partial charge in [-0.1, -0.05) is 12.1 Å². The maximum absolute atomic E-state index is 12.9. The van der Waals surface area contributed by atoms with Crippen LogP contribution in [0.1, 0.15) is 35.6 Å². The molecular formula is C26H31F3N4O3. The first-order valence-corrected chi connectivity index (χ1v) is 12.2. The van der Waals surface area contributed by atoms with E-state index in [2.05, 4.69) is 14.2 Å². The maximum atomic E-state index is 12.9. The number of ether oxygens (including phenoxy) is 2. The number of aromatic nitrogens is 2. The van der Waals surface area contributed by atoms with Crippen molar-refractivity contribution in [2.45, 2.75) is 33.2 Å². The van der Waals surface area contributed by atoms with E-state index in [0.29, 0.717) is 44.8 Å². The van der Waals surface area contributed by atoms with Gasteiger partial charge in [0.05, 0.1) is 24.2 Å². The Hall–Kier alpha value is -3.11. The summed E-state index contributed by atoms with van der Waals surface area (Å²) in [5, 5.41) is 0. The molecule has 0 unspecified atom stereocenters. The molecule has 0 spiro atoms. The molecule has 3 aromatic rings. The van der Waals surface area contributed by atoms with Crippen molar-refractivity contribution in [2.24, 2.45) is 0 Å². The molecule has 0 radical (unpaired) electrons. The topological polar surface area (TPSA) is 59.8 Å². The van der Waals surface area contributed by atoms with Crippen LogP contribution in [0, 0.1) is 0 Å². The molecule has 36 heavy (non-hydrogen) atoms. The average molecular weight is 505 g/mol. The molecule has 2 heterocycles. The normalized spacial score (nSPS) is 14.8. The number of nitrogens with zero attached hydrogens (tertiary/aromatic N) is 4. The summed E-state index contributed by atoms with van der Waals surface area (Å²) in [6.07, 6.45) is -4.29. The number of carbonyl (C=O) groups excluding carboxylic acids is 1. The van der Waals surface area contributed by atoms with E-state index in [0.717, 1.165) is 42.1 Å². The molecule has 2 aromatic carbocycles.